The highest BCUT2D eigenvalue weighted by atomic mass is 79.9. The van der Waals surface area contributed by atoms with E-state index in [2.05, 4.69) is 15.9 Å². The minimum atomic E-state index is -0.105. The van der Waals surface area contributed by atoms with Crippen LogP contribution in [0.15, 0.2) is 28.9 Å². The molecule has 0 bridgehead atoms. The first-order chi connectivity index (χ1) is 7.13. The van der Waals surface area contributed by atoms with Crippen LogP contribution in [0.25, 0.3) is 10.9 Å². The summed E-state index contributed by atoms with van der Waals surface area (Å²) < 4.78 is 2.36. The SMILES string of the molecule is CC(=O)n1cc(C=O)c2ccc(Br)cc21. The maximum atomic E-state index is 11.3. The molecule has 0 amide bonds. The van der Waals surface area contributed by atoms with Crippen LogP contribution >= 0.6 is 15.9 Å². The second-order valence-corrected chi connectivity index (χ2v) is 4.17. The molecular weight excluding hydrogens is 258 g/mol. The molecule has 0 unspecified atom stereocenters. The first-order valence-electron chi connectivity index (χ1n) is 4.40. The highest BCUT2D eigenvalue weighted by Gasteiger charge is 2.10. The lowest BCUT2D eigenvalue weighted by Gasteiger charge is -1.98. The van der Waals surface area contributed by atoms with Crippen LogP contribution in [0, 0.1) is 0 Å². The normalized spacial score (nSPS) is 10.5. The molecule has 0 fully saturated rings. The van der Waals surface area contributed by atoms with Gasteiger partial charge in [0, 0.05) is 28.5 Å². The zero-order chi connectivity index (χ0) is 11.0. The van der Waals surface area contributed by atoms with Crippen LogP contribution in [0.2, 0.25) is 0 Å². The number of hydrogen-bond acceptors (Lipinski definition) is 2. The number of benzene rings is 1. The molecule has 0 aliphatic rings. The van der Waals surface area contributed by atoms with Crippen LogP contribution in [-0.4, -0.2) is 16.8 Å². The van der Waals surface area contributed by atoms with Crippen LogP contribution in [0.4, 0.5) is 0 Å². The van der Waals surface area contributed by atoms with Crippen LogP contribution in [0.3, 0.4) is 0 Å². The van der Waals surface area contributed by atoms with E-state index in [0.29, 0.717) is 5.56 Å². The largest absolute Gasteiger partial charge is 0.298 e. The number of nitrogens with zero attached hydrogens (tertiary/aromatic N) is 1. The number of aromatic nitrogens is 1. The summed E-state index contributed by atoms with van der Waals surface area (Å²) in [4.78, 5) is 22.1. The molecule has 0 radical (unpaired) electrons. The number of hydrogen-bond donors (Lipinski definition) is 0. The molecule has 0 saturated carbocycles. The van der Waals surface area contributed by atoms with E-state index in [1.54, 1.807) is 6.20 Å². The predicted octanol–water partition coefficient (Wildman–Crippen LogP) is 2.88. The van der Waals surface area contributed by atoms with Gasteiger partial charge in [0.25, 0.3) is 0 Å². The number of fused-ring (bicyclic) bond motifs is 1. The molecule has 0 aliphatic heterocycles. The number of aldehydes is 1. The van der Waals surface area contributed by atoms with Gasteiger partial charge in [0.1, 0.15) is 0 Å². The van der Waals surface area contributed by atoms with Crippen LogP contribution in [0.5, 0.6) is 0 Å². The summed E-state index contributed by atoms with van der Waals surface area (Å²) in [7, 11) is 0. The molecule has 0 saturated heterocycles. The Morgan fingerprint density at radius 1 is 1.47 bits per heavy atom. The second kappa shape index (κ2) is 3.62. The molecule has 1 aromatic heterocycles. The Morgan fingerprint density at radius 3 is 2.80 bits per heavy atom. The Labute approximate surface area is 94.8 Å². The van der Waals surface area contributed by atoms with Gasteiger partial charge < -0.3 is 0 Å². The molecule has 1 heterocycles. The van der Waals surface area contributed by atoms with E-state index in [1.807, 2.05) is 18.2 Å². The molecule has 15 heavy (non-hydrogen) atoms. The van der Waals surface area contributed by atoms with E-state index in [4.69, 9.17) is 0 Å². The lowest BCUT2D eigenvalue weighted by atomic mass is 10.2. The molecule has 0 atom stereocenters. The molecule has 0 aliphatic carbocycles. The van der Waals surface area contributed by atoms with Crippen LogP contribution in [0.1, 0.15) is 22.1 Å². The first-order valence-corrected chi connectivity index (χ1v) is 5.19. The first kappa shape index (κ1) is 10.1. The smallest absolute Gasteiger partial charge is 0.227 e. The van der Waals surface area contributed by atoms with E-state index in [1.165, 1.54) is 11.5 Å². The Hall–Kier alpha value is -1.42. The van der Waals surface area contributed by atoms with Gasteiger partial charge in [0.15, 0.2) is 6.29 Å². The van der Waals surface area contributed by atoms with Gasteiger partial charge in [-0.1, -0.05) is 22.0 Å². The molecule has 2 rings (SSSR count). The molecule has 0 spiro atoms. The second-order valence-electron chi connectivity index (χ2n) is 3.25. The molecule has 1 aromatic carbocycles. The maximum Gasteiger partial charge on any atom is 0.227 e. The summed E-state index contributed by atoms with van der Waals surface area (Å²) in [5.74, 6) is -0.105. The monoisotopic (exact) mass is 265 g/mol. The summed E-state index contributed by atoms with van der Waals surface area (Å²) in [5, 5.41) is 0.795. The van der Waals surface area contributed by atoms with Crippen molar-refractivity contribution in [3.05, 3.63) is 34.4 Å². The minimum absolute atomic E-state index is 0.105. The average Bonchev–Trinajstić information content (AvgIpc) is 2.55. The number of halogens is 1. The molecular formula is C11H8BrNO2. The maximum absolute atomic E-state index is 11.3. The molecule has 76 valence electrons. The van der Waals surface area contributed by atoms with Crippen molar-refractivity contribution >= 4 is 39.0 Å². The Kier molecular flexibility index (Phi) is 2.44. The third-order valence-corrected chi connectivity index (χ3v) is 2.76. The minimum Gasteiger partial charge on any atom is -0.298 e. The molecule has 3 nitrogen and oxygen atoms in total. The van der Waals surface area contributed by atoms with Gasteiger partial charge in [-0.05, 0) is 12.1 Å². The fourth-order valence-corrected chi connectivity index (χ4v) is 1.93. The van der Waals surface area contributed by atoms with Gasteiger partial charge in [-0.15, -0.1) is 0 Å². The van der Waals surface area contributed by atoms with E-state index < -0.39 is 0 Å². The summed E-state index contributed by atoms with van der Waals surface area (Å²) in [6.45, 7) is 1.47. The van der Waals surface area contributed by atoms with Gasteiger partial charge in [0.05, 0.1) is 5.52 Å². The summed E-state index contributed by atoms with van der Waals surface area (Å²) in [6, 6.07) is 5.49. The third kappa shape index (κ3) is 1.61. The van der Waals surface area contributed by atoms with Crippen molar-refractivity contribution in [2.75, 3.05) is 0 Å². The summed E-state index contributed by atoms with van der Waals surface area (Å²) >= 11 is 3.33. The Balaban J connectivity index is 2.87. The van der Waals surface area contributed by atoms with Crippen molar-refractivity contribution < 1.29 is 9.59 Å². The van der Waals surface area contributed by atoms with Crippen LogP contribution in [-0.2, 0) is 0 Å². The zero-order valence-electron chi connectivity index (χ0n) is 8.03. The molecule has 2 aromatic rings. The van der Waals surface area contributed by atoms with Gasteiger partial charge in [-0.2, -0.15) is 0 Å². The molecule has 4 heteroatoms. The van der Waals surface area contributed by atoms with E-state index in [0.717, 1.165) is 21.7 Å². The van der Waals surface area contributed by atoms with E-state index in [9.17, 15) is 9.59 Å². The van der Waals surface area contributed by atoms with Gasteiger partial charge in [-0.25, -0.2) is 0 Å². The van der Waals surface area contributed by atoms with Crippen molar-refractivity contribution in [3.63, 3.8) is 0 Å². The van der Waals surface area contributed by atoms with Crippen LogP contribution < -0.4 is 0 Å². The number of carbonyl (C=O) groups excluding carboxylic acids is 2. The quantitative estimate of drug-likeness (QED) is 0.744. The number of rotatable bonds is 1. The van der Waals surface area contributed by atoms with Gasteiger partial charge in [-0.3, -0.25) is 14.2 Å². The van der Waals surface area contributed by atoms with Crippen molar-refractivity contribution in [1.82, 2.24) is 4.57 Å². The summed E-state index contributed by atoms with van der Waals surface area (Å²) in [6.07, 6.45) is 2.32. The van der Waals surface area contributed by atoms with Gasteiger partial charge >= 0.3 is 0 Å². The van der Waals surface area contributed by atoms with Crippen molar-refractivity contribution in [2.45, 2.75) is 6.92 Å². The topological polar surface area (TPSA) is 39.1 Å². The predicted molar refractivity (Wildman–Crippen MR) is 61.3 cm³/mol. The van der Waals surface area contributed by atoms with Gasteiger partial charge in [0.2, 0.25) is 5.91 Å². The highest BCUT2D eigenvalue weighted by Crippen LogP contribution is 2.23. The fraction of sp³-hybridized carbons (Fsp3) is 0.0909. The average molecular weight is 266 g/mol. The Morgan fingerprint density at radius 2 is 2.20 bits per heavy atom. The lowest BCUT2D eigenvalue weighted by Crippen LogP contribution is -2.02. The third-order valence-electron chi connectivity index (χ3n) is 2.26. The molecule has 0 N–H and O–H groups in total. The highest BCUT2D eigenvalue weighted by molar-refractivity contribution is 9.10. The van der Waals surface area contributed by atoms with Crippen molar-refractivity contribution in [3.8, 4) is 0 Å². The van der Waals surface area contributed by atoms with Crippen molar-refractivity contribution in [1.29, 1.82) is 0 Å². The standard InChI is InChI=1S/C11H8BrNO2/c1-7(15)13-5-8(6-14)10-3-2-9(12)4-11(10)13/h2-6H,1H3. The van der Waals surface area contributed by atoms with E-state index >= 15 is 0 Å². The fourth-order valence-electron chi connectivity index (χ4n) is 1.58. The van der Waals surface area contributed by atoms with E-state index in [-0.39, 0.29) is 5.91 Å². The van der Waals surface area contributed by atoms with Crippen molar-refractivity contribution in [2.24, 2.45) is 0 Å². The lowest BCUT2D eigenvalue weighted by molar-refractivity contribution is 0.0941. The Bertz CT molecular complexity index is 557. The zero-order valence-corrected chi connectivity index (χ0v) is 9.61. The number of carbonyl (C=O) groups is 2. The summed E-state index contributed by atoms with van der Waals surface area (Å²) in [5.41, 5.74) is 1.28.